The smallest absolute Gasteiger partial charge is 0.254 e. The third kappa shape index (κ3) is 4.57. The molecule has 0 bridgehead atoms. The molecule has 4 nitrogen and oxygen atoms in total. The van der Waals surface area contributed by atoms with Crippen molar-refractivity contribution in [2.24, 2.45) is 0 Å². The molecule has 1 atom stereocenters. The summed E-state index contributed by atoms with van der Waals surface area (Å²) in [4.78, 5) is 4.67. The van der Waals surface area contributed by atoms with Gasteiger partial charge >= 0.3 is 0 Å². The van der Waals surface area contributed by atoms with Gasteiger partial charge in [0.25, 0.3) is 5.89 Å². The van der Waals surface area contributed by atoms with Crippen LogP contribution in [0.4, 0.5) is 10.1 Å². The fraction of sp³-hybridized carbons (Fsp3) is 0.259. The minimum atomic E-state index is -0.324. The Bertz CT molecular complexity index is 1140. The first-order chi connectivity index (χ1) is 15.4. The lowest BCUT2D eigenvalue weighted by atomic mass is 9.91. The largest absolute Gasteiger partial charge is 0.370 e. The van der Waals surface area contributed by atoms with Gasteiger partial charge in [-0.15, -0.1) is 0 Å². The fourth-order valence-corrected chi connectivity index (χ4v) is 3.86. The monoisotopic (exact) mass is 429 g/mol. The summed E-state index contributed by atoms with van der Waals surface area (Å²) in [5.74, 6) is 1.30. The van der Waals surface area contributed by atoms with E-state index in [1.807, 2.05) is 30.3 Å². The van der Waals surface area contributed by atoms with E-state index in [2.05, 4.69) is 61.4 Å². The summed E-state index contributed by atoms with van der Waals surface area (Å²) in [6.45, 7) is 8.78. The van der Waals surface area contributed by atoms with E-state index in [0.717, 1.165) is 11.3 Å². The third-order valence-corrected chi connectivity index (χ3v) is 5.59. The zero-order valence-corrected chi connectivity index (χ0v) is 18.8. The molecule has 5 heteroatoms. The second-order valence-electron chi connectivity index (χ2n) is 8.57. The Morgan fingerprint density at radius 2 is 1.41 bits per heavy atom. The minimum absolute atomic E-state index is 0.298. The van der Waals surface area contributed by atoms with Gasteiger partial charge in [0.2, 0.25) is 5.82 Å². The first kappa shape index (κ1) is 21.8. The first-order valence-electron chi connectivity index (χ1n) is 11.0. The Kier molecular flexibility index (Phi) is 6.35. The highest BCUT2D eigenvalue weighted by Gasteiger charge is 2.25. The SMILES string of the molecule is CC(C)c1cccc(C(C)C)c1NC(c1ccccc1)c1nc(-c2ccc(F)cc2)no1. The second-order valence-corrected chi connectivity index (χ2v) is 8.57. The molecule has 0 fully saturated rings. The zero-order valence-electron chi connectivity index (χ0n) is 18.8. The van der Waals surface area contributed by atoms with E-state index in [1.165, 1.54) is 23.3 Å². The number of anilines is 1. The summed E-state index contributed by atoms with van der Waals surface area (Å²) >= 11 is 0. The lowest BCUT2D eigenvalue weighted by Gasteiger charge is -2.25. The molecule has 0 aliphatic carbocycles. The predicted molar refractivity (Wildman–Crippen MR) is 126 cm³/mol. The van der Waals surface area contributed by atoms with Crippen LogP contribution < -0.4 is 5.32 Å². The molecule has 0 aliphatic heterocycles. The summed E-state index contributed by atoms with van der Waals surface area (Å²) in [5.41, 5.74) is 5.33. The van der Waals surface area contributed by atoms with Crippen LogP contribution >= 0.6 is 0 Å². The molecule has 32 heavy (non-hydrogen) atoms. The van der Waals surface area contributed by atoms with E-state index in [1.54, 1.807) is 12.1 Å². The molecule has 0 radical (unpaired) electrons. The molecular formula is C27H28FN3O. The number of aromatic nitrogens is 2. The number of rotatable bonds is 7. The number of nitrogens with zero attached hydrogens (tertiary/aromatic N) is 2. The van der Waals surface area contributed by atoms with Crippen molar-refractivity contribution < 1.29 is 8.91 Å². The molecule has 0 spiro atoms. The maximum Gasteiger partial charge on any atom is 0.254 e. The lowest BCUT2D eigenvalue weighted by Crippen LogP contribution is -2.16. The van der Waals surface area contributed by atoms with Crippen molar-refractivity contribution in [2.45, 2.75) is 45.6 Å². The van der Waals surface area contributed by atoms with Crippen molar-refractivity contribution >= 4 is 5.69 Å². The highest BCUT2D eigenvalue weighted by molar-refractivity contribution is 5.62. The van der Waals surface area contributed by atoms with E-state index in [9.17, 15) is 4.39 Å². The van der Waals surface area contributed by atoms with Gasteiger partial charge in [0, 0.05) is 11.3 Å². The summed E-state index contributed by atoms with van der Waals surface area (Å²) < 4.78 is 19.1. The fourth-order valence-electron chi connectivity index (χ4n) is 3.86. The Morgan fingerprint density at radius 3 is 2.00 bits per heavy atom. The van der Waals surface area contributed by atoms with Crippen LogP contribution in [0, 0.1) is 5.82 Å². The molecule has 0 aliphatic rings. The Balaban J connectivity index is 1.79. The maximum atomic E-state index is 13.3. The zero-order chi connectivity index (χ0) is 22.7. The molecule has 1 unspecified atom stereocenters. The van der Waals surface area contributed by atoms with E-state index in [4.69, 9.17) is 4.52 Å². The second kappa shape index (κ2) is 9.35. The molecule has 1 aromatic heterocycles. The van der Waals surface area contributed by atoms with E-state index in [0.29, 0.717) is 29.1 Å². The quantitative estimate of drug-likeness (QED) is 0.334. The first-order valence-corrected chi connectivity index (χ1v) is 11.0. The van der Waals surface area contributed by atoms with Crippen molar-refractivity contribution in [3.8, 4) is 11.4 Å². The average molecular weight is 430 g/mol. The van der Waals surface area contributed by atoms with Gasteiger partial charge < -0.3 is 9.84 Å². The van der Waals surface area contributed by atoms with Crippen LogP contribution in [-0.2, 0) is 0 Å². The molecule has 3 aromatic carbocycles. The Hall–Kier alpha value is -3.47. The van der Waals surface area contributed by atoms with Gasteiger partial charge in [-0.05, 0) is 52.8 Å². The van der Waals surface area contributed by atoms with Gasteiger partial charge in [-0.3, -0.25) is 0 Å². The van der Waals surface area contributed by atoms with Gasteiger partial charge in [0.1, 0.15) is 11.9 Å². The van der Waals surface area contributed by atoms with Gasteiger partial charge in [-0.2, -0.15) is 4.98 Å². The lowest BCUT2D eigenvalue weighted by molar-refractivity contribution is 0.372. The van der Waals surface area contributed by atoms with E-state index >= 15 is 0 Å². The molecule has 4 rings (SSSR count). The summed E-state index contributed by atoms with van der Waals surface area (Å²) in [7, 11) is 0. The van der Waals surface area contributed by atoms with Crippen molar-refractivity contribution in [3.05, 3.63) is 101 Å². The number of nitrogens with one attached hydrogen (secondary N) is 1. The average Bonchev–Trinajstić information content (AvgIpc) is 3.28. The summed E-state index contributed by atoms with van der Waals surface area (Å²) in [6, 6.07) is 22.3. The van der Waals surface area contributed by atoms with Crippen molar-refractivity contribution in [1.29, 1.82) is 0 Å². The number of hydrogen-bond donors (Lipinski definition) is 1. The molecule has 0 saturated heterocycles. The van der Waals surface area contributed by atoms with Crippen LogP contribution in [-0.4, -0.2) is 10.1 Å². The standard InChI is InChI=1S/C27H28FN3O/c1-17(2)22-11-8-12-23(18(3)4)25(22)29-24(19-9-6-5-7-10-19)27-30-26(31-32-27)20-13-15-21(28)16-14-20/h5-18,24,29H,1-4H3. The normalized spacial score (nSPS) is 12.3. The molecule has 0 saturated carbocycles. The van der Waals surface area contributed by atoms with Crippen LogP contribution in [0.2, 0.25) is 0 Å². The molecule has 1 N–H and O–H groups in total. The number of hydrogen-bond acceptors (Lipinski definition) is 4. The number of benzene rings is 3. The number of para-hydroxylation sites is 1. The van der Waals surface area contributed by atoms with Crippen molar-refractivity contribution in [2.75, 3.05) is 5.32 Å². The van der Waals surface area contributed by atoms with Crippen molar-refractivity contribution in [3.63, 3.8) is 0 Å². The van der Waals surface area contributed by atoms with Gasteiger partial charge in [0.05, 0.1) is 0 Å². The summed E-state index contributed by atoms with van der Waals surface area (Å²) in [5, 5.41) is 7.90. The molecule has 164 valence electrons. The predicted octanol–water partition coefficient (Wildman–Crippen LogP) is 7.32. The van der Waals surface area contributed by atoms with Crippen molar-refractivity contribution in [1.82, 2.24) is 10.1 Å². The number of halogens is 1. The highest BCUT2D eigenvalue weighted by atomic mass is 19.1. The summed E-state index contributed by atoms with van der Waals surface area (Å²) in [6.07, 6.45) is 0. The third-order valence-electron chi connectivity index (χ3n) is 5.59. The van der Waals surface area contributed by atoms with Gasteiger partial charge in [-0.25, -0.2) is 4.39 Å². The Labute approximate surface area is 188 Å². The topological polar surface area (TPSA) is 51.0 Å². The molecule has 0 amide bonds. The van der Waals surface area contributed by atoms with E-state index < -0.39 is 0 Å². The van der Waals surface area contributed by atoms with Crippen LogP contribution in [0.15, 0.2) is 77.3 Å². The Morgan fingerprint density at radius 1 is 0.781 bits per heavy atom. The minimum Gasteiger partial charge on any atom is -0.370 e. The van der Waals surface area contributed by atoms with Crippen LogP contribution in [0.5, 0.6) is 0 Å². The maximum absolute atomic E-state index is 13.3. The van der Waals surface area contributed by atoms with Gasteiger partial charge in [0.15, 0.2) is 0 Å². The van der Waals surface area contributed by atoms with Crippen LogP contribution in [0.25, 0.3) is 11.4 Å². The van der Waals surface area contributed by atoms with Crippen LogP contribution in [0.3, 0.4) is 0 Å². The van der Waals surface area contributed by atoms with Gasteiger partial charge in [-0.1, -0.05) is 81.4 Å². The highest BCUT2D eigenvalue weighted by Crippen LogP contribution is 2.36. The van der Waals surface area contributed by atoms with E-state index in [-0.39, 0.29) is 11.9 Å². The molecule has 1 heterocycles. The molecular weight excluding hydrogens is 401 g/mol. The van der Waals surface area contributed by atoms with Crippen LogP contribution in [0.1, 0.15) is 68.2 Å². The molecule has 4 aromatic rings.